The van der Waals surface area contributed by atoms with Gasteiger partial charge in [0, 0.05) is 20.2 Å². The summed E-state index contributed by atoms with van der Waals surface area (Å²) < 4.78 is 6.32. The zero-order chi connectivity index (χ0) is 12.4. The highest BCUT2D eigenvalue weighted by atomic mass is 79.9. The molecule has 0 saturated carbocycles. The molecule has 1 saturated heterocycles. The number of carbonyl (C=O) groups is 1. The number of hydrogen-bond acceptors (Lipinski definition) is 4. The lowest BCUT2D eigenvalue weighted by Gasteiger charge is -2.17. The number of methoxy groups -OCH3 is 1. The van der Waals surface area contributed by atoms with Gasteiger partial charge < -0.3 is 15.4 Å². The van der Waals surface area contributed by atoms with Crippen LogP contribution in [0.1, 0.15) is 15.2 Å². The SMILES string of the molecule is CO[C@H]1CNCC1NC(=O)c1cc(C)c(Br)s1. The van der Waals surface area contributed by atoms with E-state index in [1.165, 1.54) is 11.3 Å². The molecule has 0 aliphatic carbocycles. The van der Waals surface area contributed by atoms with Gasteiger partial charge >= 0.3 is 0 Å². The summed E-state index contributed by atoms with van der Waals surface area (Å²) >= 11 is 4.88. The Bertz CT molecular complexity index is 402. The zero-order valence-corrected chi connectivity index (χ0v) is 12.2. The van der Waals surface area contributed by atoms with Crippen molar-refractivity contribution in [3.63, 3.8) is 0 Å². The van der Waals surface area contributed by atoms with E-state index < -0.39 is 0 Å². The van der Waals surface area contributed by atoms with E-state index in [2.05, 4.69) is 26.6 Å². The monoisotopic (exact) mass is 318 g/mol. The largest absolute Gasteiger partial charge is 0.378 e. The Kier molecular flexibility index (Phi) is 4.19. The minimum atomic E-state index is -0.0282. The van der Waals surface area contributed by atoms with E-state index in [0.717, 1.165) is 27.3 Å². The predicted octanol–water partition coefficient (Wildman–Crippen LogP) is 1.54. The Morgan fingerprint density at radius 3 is 3.00 bits per heavy atom. The number of hydrogen-bond donors (Lipinski definition) is 2. The number of aryl methyl sites for hydroxylation is 1. The van der Waals surface area contributed by atoms with Crippen LogP contribution in [0.2, 0.25) is 0 Å². The van der Waals surface area contributed by atoms with Gasteiger partial charge in [-0.05, 0) is 34.5 Å². The molecule has 1 aliphatic heterocycles. The van der Waals surface area contributed by atoms with Gasteiger partial charge in [0.05, 0.1) is 20.8 Å². The Hall–Kier alpha value is -0.430. The van der Waals surface area contributed by atoms with Gasteiger partial charge in [-0.15, -0.1) is 11.3 Å². The Balaban J connectivity index is 2.01. The summed E-state index contributed by atoms with van der Waals surface area (Å²) in [5.41, 5.74) is 1.09. The second-order valence-electron chi connectivity index (χ2n) is 4.08. The fourth-order valence-corrected chi connectivity index (χ4v) is 3.30. The van der Waals surface area contributed by atoms with Gasteiger partial charge in [-0.2, -0.15) is 0 Å². The topological polar surface area (TPSA) is 50.4 Å². The molecule has 2 heterocycles. The molecule has 0 spiro atoms. The first kappa shape index (κ1) is 13.0. The van der Waals surface area contributed by atoms with Crippen molar-refractivity contribution < 1.29 is 9.53 Å². The number of thiophene rings is 1. The molecule has 2 rings (SSSR count). The van der Waals surface area contributed by atoms with Gasteiger partial charge in [-0.25, -0.2) is 0 Å². The van der Waals surface area contributed by atoms with Crippen molar-refractivity contribution in [1.82, 2.24) is 10.6 Å². The predicted molar refractivity (Wildman–Crippen MR) is 71.7 cm³/mol. The molecule has 6 heteroatoms. The van der Waals surface area contributed by atoms with E-state index in [4.69, 9.17) is 4.74 Å². The number of carbonyl (C=O) groups excluding carboxylic acids is 1. The third-order valence-corrected chi connectivity index (χ3v) is 4.99. The van der Waals surface area contributed by atoms with E-state index in [-0.39, 0.29) is 18.1 Å². The van der Waals surface area contributed by atoms with Crippen LogP contribution in [0.15, 0.2) is 9.85 Å². The summed E-state index contributed by atoms with van der Waals surface area (Å²) in [5.74, 6) is -0.0282. The lowest BCUT2D eigenvalue weighted by molar-refractivity contribution is 0.0782. The van der Waals surface area contributed by atoms with Crippen molar-refractivity contribution in [2.75, 3.05) is 20.2 Å². The number of nitrogens with one attached hydrogen (secondary N) is 2. The summed E-state index contributed by atoms with van der Waals surface area (Å²) in [6.07, 6.45) is 0.0587. The van der Waals surface area contributed by atoms with Crippen molar-refractivity contribution in [2.45, 2.75) is 19.1 Å². The molecule has 0 bridgehead atoms. The minimum absolute atomic E-state index is 0.0282. The molecule has 2 N–H and O–H groups in total. The molecule has 1 aromatic heterocycles. The van der Waals surface area contributed by atoms with Crippen LogP contribution in [0.25, 0.3) is 0 Å². The number of rotatable bonds is 3. The molecule has 1 amide bonds. The summed E-state index contributed by atoms with van der Waals surface area (Å²) in [6.45, 7) is 3.52. The third-order valence-electron chi connectivity index (χ3n) is 2.86. The maximum atomic E-state index is 12.0. The van der Waals surface area contributed by atoms with E-state index in [1.54, 1.807) is 7.11 Å². The first-order chi connectivity index (χ1) is 8.11. The van der Waals surface area contributed by atoms with Crippen LogP contribution < -0.4 is 10.6 Å². The molecule has 0 radical (unpaired) electrons. The fourth-order valence-electron chi connectivity index (χ4n) is 1.86. The number of amides is 1. The molecular formula is C11H15BrN2O2S. The second kappa shape index (κ2) is 5.48. The van der Waals surface area contributed by atoms with Crippen LogP contribution in [-0.4, -0.2) is 38.3 Å². The second-order valence-corrected chi connectivity index (χ2v) is 6.45. The lowest BCUT2D eigenvalue weighted by Crippen LogP contribution is -2.43. The van der Waals surface area contributed by atoms with E-state index in [9.17, 15) is 4.79 Å². The summed E-state index contributed by atoms with van der Waals surface area (Å²) in [4.78, 5) is 12.8. The quantitative estimate of drug-likeness (QED) is 0.888. The smallest absolute Gasteiger partial charge is 0.261 e. The van der Waals surface area contributed by atoms with Gasteiger partial charge in [0.2, 0.25) is 0 Å². The van der Waals surface area contributed by atoms with Crippen LogP contribution in [0, 0.1) is 6.92 Å². The number of halogens is 1. The Morgan fingerprint density at radius 2 is 2.41 bits per heavy atom. The van der Waals surface area contributed by atoms with Crippen LogP contribution >= 0.6 is 27.3 Å². The fraction of sp³-hybridized carbons (Fsp3) is 0.545. The van der Waals surface area contributed by atoms with Crippen molar-refractivity contribution >= 4 is 33.2 Å². The maximum absolute atomic E-state index is 12.0. The minimum Gasteiger partial charge on any atom is -0.378 e. The molecule has 1 aliphatic rings. The van der Waals surface area contributed by atoms with Gasteiger partial charge in [0.15, 0.2) is 0 Å². The molecule has 2 atom stereocenters. The van der Waals surface area contributed by atoms with Crippen LogP contribution in [0.4, 0.5) is 0 Å². The molecule has 1 unspecified atom stereocenters. The Morgan fingerprint density at radius 1 is 1.65 bits per heavy atom. The van der Waals surface area contributed by atoms with E-state index in [0.29, 0.717) is 0 Å². The van der Waals surface area contributed by atoms with E-state index >= 15 is 0 Å². The average molecular weight is 319 g/mol. The highest BCUT2D eigenvalue weighted by Gasteiger charge is 2.28. The normalized spacial score (nSPS) is 23.9. The van der Waals surface area contributed by atoms with Gasteiger partial charge in [0.25, 0.3) is 5.91 Å². The van der Waals surface area contributed by atoms with Crippen molar-refractivity contribution in [3.8, 4) is 0 Å². The van der Waals surface area contributed by atoms with Crippen molar-refractivity contribution in [1.29, 1.82) is 0 Å². The highest BCUT2D eigenvalue weighted by Crippen LogP contribution is 2.27. The first-order valence-electron chi connectivity index (χ1n) is 5.42. The lowest BCUT2D eigenvalue weighted by atomic mass is 10.2. The molecule has 17 heavy (non-hydrogen) atoms. The zero-order valence-electron chi connectivity index (χ0n) is 9.75. The molecule has 1 aromatic rings. The third kappa shape index (κ3) is 2.88. The van der Waals surface area contributed by atoms with Gasteiger partial charge in [-0.3, -0.25) is 4.79 Å². The standard InChI is InChI=1S/C11H15BrN2O2S/c1-6-3-9(17-10(6)12)11(15)14-7-4-13-5-8(7)16-2/h3,7-8,13H,4-5H2,1-2H3,(H,14,15)/t7?,8-/m0/s1. The number of ether oxygens (including phenoxy) is 1. The average Bonchev–Trinajstić information content (AvgIpc) is 2.86. The van der Waals surface area contributed by atoms with Crippen molar-refractivity contribution in [3.05, 3.63) is 20.3 Å². The summed E-state index contributed by atoms with van der Waals surface area (Å²) in [6, 6.07) is 1.95. The molecule has 94 valence electrons. The Labute approximate surface area is 113 Å². The molecule has 0 aromatic carbocycles. The summed E-state index contributed by atoms with van der Waals surface area (Å²) in [7, 11) is 1.67. The first-order valence-corrected chi connectivity index (χ1v) is 7.03. The maximum Gasteiger partial charge on any atom is 0.261 e. The van der Waals surface area contributed by atoms with Crippen LogP contribution in [-0.2, 0) is 4.74 Å². The van der Waals surface area contributed by atoms with Crippen molar-refractivity contribution in [2.24, 2.45) is 0 Å². The van der Waals surface area contributed by atoms with Gasteiger partial charge in [-0.1, -0.05) is 0 Å². The van der Waals surface area contributed by atoms with Crippen LogP contribution in [0.3, 0.4) is 0 Å². The highest BCUT2D eigenvalue weighted by molar-refractivity contribution is 9.11. The van der Waals surface area contributed by atoms with Crippen LogP contribution in [0.5, 0.6) is 0 Å². The summed E-state index contributed by atoms with van der Waals surface area (Å²) in [5, 5.41) is 6.20. The van der Waals surface area contributed by atoms with E-state index in [1.807, 2.05) is 13.0 Å². The molecule has 4 nitrogen and oxygen atoms in total. The van der Waals surface area contributed by atoms with Gasteiger partial charge in [0.1, 0.15) is 0 Å². The molecule has 1 fully saturated rings. The molecular weight excluding hydrogens is 304 g/mol.